The van der Waals surface area contributed by atoms with Crippen LogP contribution in [0.3, 0.4) is 0 Å². The van der Waals surface area contributed by atoms with Crippen molar-refractivity contribution in [2.24, 2.45) is 0 Å². The molecule has 84 heavy (non-hydrogen) atoms. The summed E-state index contributed by atoms with van der Waals surface area (Å²) in [5.74, 6) is 5.90. The zero-order valence-electron chi connectivity index (χ0n) is 58.1. The number of allylic oxidation sites excluding steroid dienone is 1. The highest BCUT2D eigenvalue weighted by molar-refractivity contribution is 7.28. The van der Waals surface area contributed by atoms with Crippen molar-refractivity contribution >= 4 is 90.1 Å². The van der Waals surface area contributed by atoms with Crippen LogP contribution in [0.5, 0.6) is 23.0 Å². The van der Waals surface area contributed by atoms with Crippen molar-refractivity contribution in [1.29, 1.82) is 0 Å². The summed E-state index contributed by atoms with van der Waals surface area (Å²) >= 11 is 13.0. The molecule has 2 bridgehead atoms. The fourth-order valence-corrected chi connectivity index (χ4v) is 35.0. The molecule has 0 spiro atoms. The number of rotatable bonds is 24. The molecule has 0 radical (unpaired) electrons. The summed E-state index contributed by atoms with van der Waals surface area (Å²) in [6.45, 7) is 51.6. The normalized spacial score (nSPS) is 15.5. The van der Waals surface area contributed by atoms with E-state index < -0.39 is 40.4 Å². The largest absolute Gasteiger partial charge is 0.497 e. The zero-order chi connectivity index (χ0) is 63.7. The number of methoxy groups -OCH3 is 4. The molecule has 0 aromatic heterocycles. The quantitative estimate of drug-likeness (QED) is 0.0398. The maximum Gasteiger partial charge on any atom is 0.191 e. The van der Waals surface area contributed by atoms with Gasteiger partial charge in [0.2, 0.25) is 0 Å². The van der Waals surface area contributed by atoms with Gasteiger partial charge in [-0.2, -0.15) is 22.2 Å². The van der Waals surface area contributed by atoms with Gasteiger partial charge in [-0.25, -0.2) is 0 Å². The maximum atomic E-state index is 6.93. The Hall–Kier alpha value is -2.45. The Morgan fingerprint density at radius 1 is 0.464 bits per heavy atom. The predicted octanol–water partition coefficient (Wildman–Crippen LogP) is 21.1. The first-order valence-electron chi connectivity index (χ1n) is 33.0. The summed E-state index contributed by atoms with van der Waals surface area (Å²) in [7, 11) is 0.213. The van der Waals surface area contributed by atoms with Crippen LogP contribution in [-0.2, 0) is 0 Å². The van der Waals surface area contributed by atoms with Gasteiger partial charge in [0.1, 0.15) is 37.8 Å². The smallest absolute Gasteiger partial charge is 0.191 e. The minimum Gasteiger partial charge on any atom is -0.497 e. The van der Waals surface area contributed by atoms with E-state index in [1.54, 1.807) is 38.8 Å². The molecule has 2 aliphatic heterocycles. The van der Waals surface area contributed by atoms with Gasteiger partial charge in [0.15, 0.2) is 7.38 Å². The number of halogens is 2. The van der Waals surface area contributed by atoms with E-state index >= 15 is 0 Å². The number of ether oxygens (including phenoxy) is 4. The zero-order valence-corrected chi connectivity index (χ0v) is 65.0. The van der Waals surface area contributed by atoms with Crippen LogP contribution in [0.25, 0.3) is 0 Å². The van der Waals surface area contributed by atoms with E-state index in [9.17, 15) is 0 Å². The monoisotopic (exact) mass is 1270 g/mol. The van der Waals surface area contributed by atoms with Crippen molar-refractivity contribution in [3.05, 3.63) is 110 Å². The van der Waals surface area contributed by atoms with Crippen LogP contribution in [0.1, 0.15) is 183 Å². The van der Waals surface area contributed by atoms with Gasteiger partial charge < -0.3 is 18.9 Å². The molecule has 0 amide bonds. The average Bonchev–Trinajstić information content (AvgIpc) is 1.82. The third kappa shape index (κ3) is 21.7. The number of fused-ring (bicyclic) bond motifs is 2. The standard InChI is InChI=1S/C24H41BOSi.C16H26OSi.C13H21ClOSi.C13H22OSi.C6H15ClSi/c1-19(2)27(20(3)4,24-15-13-23(26-5)14-16-24)18-8-17-25-21-9-6-10-22(25)12-7-11-21;1-7-12-18(13(2)3,14(4)5)16-10-8-15(17-6)9-11-16;1-10(2)16(14,11(3)4)13-8-6-12(15-5)7-9-13;1-10(2)15(11(3)4)13-8-6-12(14-5)7-9-13;1-5(2)8(7)6(3)4/h13-16,19-22H,6-12,17-18H2,1-5H3;7-11,13-14H,1,12H2,2-6H3;6-11H,1-5H3;6-11,15H,1-5H3;5-6,8H,1-4H3. The molecule has 6 rings (SSSR count). The highest BCUT2D eigenvalue weighted by atomic mass is 35.6. The molecule has 2 fully saturated rings. The van der Waals surface area contributed by atoms with E-state index in [0.29, 0.717) is 22.2 Å². The molecular weight excluding hydrogens is 1150 g/mol. The third-order valence-electron chi connectivity index (χ3n) is 19.9. The van der Waals surface area contributed by atoms with Crippen LogP contribution in [0.4, 0.5) is 0 Å². The van der Waals surface area contributed by atoms with Crippen LogP contribution in [0.2, 0.25) is 85.5 Å². The summed E-state index contributed by atoms with van der Waals surface area (Å²) in [6.07, 6.45) is 14.2. The summed E-state index contributed by atoms with van der Waals surface area (Å²) in [4.78, 5) is 0. The van der Waals surface area contributed by atoms with Gasteiger partial charge in [-0.15, -0.1) is 6.58 Å². The molecule has 4 aromatic carbocycles. The molecule has 474 valence electrons. The molecule has 2 saturated heterocycles. The Kier molecular flexibility index (Phi) is 35.3. The van der Waals surface area contributed by atoms with E-state index in [2.05, 4.69) is 236 Å². The minimum absolute atomic E-state index is 0.530. The lowest BCUT2D eigenvalue weighted by Gasteiger charge is -2.43. The van der Waals surface area contributed by atoms with Crippen molar-refractivity contribution in [1.82, 2.24) is 0 Å². The van der Waals surface area contributed by atoms with Gasteiger partial charge in [0.05, 0.1) is 53.4 Å². The lowest BCUT2D eigenvalue weighted by molar-refractivity contribution is 0.415. The first-order valence-corrected chi connectivity index (χ1v) is 45.9. The van der Waals surface area contributed by atoms with Crippen LogP contribution >= 0.6 is 22.2 Å². The summed E-state index contributed by atoms with van der Waals surface area (Å²) in [5.41, 5.74) is 7.19. The molecule has 0 saturated carbocycles. The Morgan fingerprint density at radius 2 is 0.774 bits per heavy atom. The Bertz CT molecular complexity index is 2310. The van der Waals surface area contributed by atoms with Gasteiger partial charge in [0, 0.05) is 0 Å². The van der Waals surface area contributed by atoms with Crippen molar-refractivity contribution < 1.29 is 18.9 Å². The lowest BCUT2D eigenvalue weighted by Crippen LogP contribution is -2.53. The van der Waals surface area contributed by atoms with Crippen LogP contribution in [-0.4, -0.2) is 75.6 Å². The lowest BCUT2D eigenvalue weighted by atomic mass is 9.26. The molecule has 2 heterocycles. The van der Waals surface area contributed by atoms with Gasteiger partial charge in [-0.3, -0.25) is 0 Å². The van der Waals surface area contributed by atoms with E-state index in [1.807, 2.05) is 12.1 Å². The molecule has 0 aliphatic carbocycles. The molecule has 0 unspecified atom stereocenters. The molecule has 12 heteroatoms. The van der Waals surface area contributed by atoms with Gasteiger partial charge in [0.25, 0.3) is 0 Å². The van der Waals surface area contributed by atoms with Crippen LogP contribution < -0.4 is 39.7 Å². The first-order chi connectivity index (χ1) is 39.5. The molecule has 4 aromatic rings. The van der Waals surface area contributed by atoms with Crippen LogP contribution in [0, 0.1) is 0 Å². The molecular formula is C72H125BCl2O4Si5. The predicted molar refractivity (Wildman–Crippen MR) is 395 cm³/mol. The van der Waals surface area contributed by atoms with E-state index in [1.165, 1.54) is 67.7 Å². The van der Waals surface area contributed by atoms with Crippen LogP contribution in [0.15, 0.2) is 110 Å². The average molecular weight is 1280 g/mol. The number of benzene rings is 4. The second-order valence-corrected chi connectivity index (χ2v) is 54.7. The van der Waals surface area contributed by atoms with E-state index in [-0.39, 0.29) is 0 Å². The first kappa shape index (κ1) is 77.6. The second-order valence-electron chi connectivity index (χ2n) is 28.1. The molecule has 0 atom stereocenters. The molecule has 2 aliphatic rings. The SMILES string of the molecule is C=CC[Si](c1ccc(OC)cc1)(C(C)C)C(C)C.CC(C)[SiH](Cl)C(C)C.COc1ccc([SiH](C(C)C)C(C)C)cc1.COc1ccc([Si](CCCB2C3CCCC2CCC3)(C(C)C)C(C)C)cc1.COc1ccc([Si](Cl)(C(C)C)C(C)C)cc1. The highest BCUT2D eigenvalue weighted by Crippen LogP contribution is 2.49. The van der Waals surface area contributed by atoms with E-state index in [4.69, 9.17) is 41.1 Å². The molecule has 0 N–H and O–H groups in total. The van der Waals surface area contributed by atoms with Crippen molar-refractivity contribution in [2.45, 2.75) is 269 Å². The van der Waals surface area contributed by atoms with Gasteiger partial charge >= 0.3 is 0 Å². The summed E-state index contributed by atoms with van der Waals surface area (Å²) < 4.78 is 21.0. The number of hydrogen-bond donors (Lipinski definition) is 0. The van der Waals surface area contributed by atoms with Crippen molar-refractivity contribution in [3.8, 4) is 23.0 Å². The fourth-order valence-electron chi connectivity index (χ4n) is 15.3. The fraction of sp³-hybridized carbons (Fsp3) is 0.639. The molecule has 4 nitrogen and oxygen atoms in total. The summed E-state index contributed by atoms with van der Waals surface area (Å²) in [5, 5.41) is 6.03. The topological polar surface area (TPSA) is 36.9 Å². The minimum atomic E-state index is -1.90. The third-order valence-corrected chi connectivity index (χ3v) is 50.6. The number of hydrogen-bond acceptors (Lipinski definition) is 4. The highest BCUT2D eigenvalue weighted by Gasteiger charge is 2.44. The summed E-state index contributed by atoms with van der Waals surface area (Å²) in [6, 6.07) is 37.4. The van der Waals surface area contributed by atoms with E-state index in [0.717, 1.165) is 80.6 Å². The van der Waals surface area contributed by atoms with Gasteiger partial charge in [-0.05, 0) is 115 Å². The maximum absolute atomic E-state index is 6.93. The Balaban J connectivity index is 0.000000376. The Morgan fingerprint density at radius 3 is 1.04 bits per heavy atom. The Labute approximate surface area is 535 Å². The van der Waals surface area contributed by atoms with Gasteiger partial charge in [-0.1, -0.05) is 278 Å². The van der Waals surface area contributed by atoms with Crippen molar-refractivity contribution in [3.63, 3.8) is 0 Å². The second kappa shape index (κ2) is 38.2. The van der Waals surface area contributed by atoms with Crippen molar-refractivity contribution in [2.75, 3.05) is 28.4 Å².